The summed E-state index contributed by atoms with van der Waals surface area (Å²) in [5, 5.41) is 11.6. The summed E-state index contributed by atoms with van der Waals surface area (Å²) in [4.78, 5) is 0. The van der Waals surface area contributed by atoms with Crippen LogP contribution < -0.4 is 15.2 Å². The van der Waals surface area contributed by atoms with Crippen LogP contribution >= 0.6 is 0 Å². The molecule has 106 valence electrons. The average Bonchev–Trinajstić information content (AvgIpc) is 2.75. The summed E-state index contributed by atoms with van der Waals surface area (Å²) in [5.41, 5.74) is 5.53. The van der Waals surface area contributed by atoms with Gasteiger partial charge in [-0.3, -0.25) is 0 Å². The van der Waals surface area contributed by atoms with Gasteiger partial charge in [-0.05, 0) is 12.8 Å². The molecule has 1 fully saturated rings. The van der Waals surface area contributed by atoms with Crippen molar-refractivity contribution in [3.63, 3.8) is 0 Å². The molecule has 18 heavy (non-hydrogen) atoms. The third-order valence-electron chi connectivity index (χ3n) is 2.92. The first-order valence-electron chi connectivity index (χ1n) is 5.73. The van der Waals surface area contributed by atoms with E-state index in [9.17, 15) is 8.42 Å². The maximum absolute atomic E-state index is 11.7. The molecular formula is C9H20N4O4S. The van der Waals surface area contributed by atoms with Gasteiger partial charge in [0, 0.05) is 25.6 Å². The number of ether oxygens (including phenoxy) is 1. The van der Waals surface area contributed by atoms with E-state index in [1.807, 2.05) is 0 Å². The second-order valence-electron chi connectivity index (χ2n) is 4.18. The summed E-state index contributed by atoms with van der Waals surface area (Å²) in [7, 11) is -2.09. The molecule has 1 aliphatic carbocycles. The number of methoxy groups -OCH3 is 1. The lowest BCUT2D eigenvalue weighted by Crippen LogP contribution is -2.47. The molecule has 1 aliphatic rings. The van der Waals surface area contributed by atoms with Gasteiger partial charge >= 0.3 is 0 Å². The summed E-state index contributed by atoms with van der Waals surface area (Å²) in [5.74, 6) is -0.189. The minimum Gasteiger partial charge on any atom is -0.409 e. The fourth-order valence-corrected chi connectivity index (χ4v) is 3.16. The van der Waals surface area contributed by atoms with Crippen molar-refractivity contribution in [1.82, 2.24) is 9.44 Å². The summed E-state index contributed by atoms with van der Waals surface area (Å²) >= 11 is 0. The molecule has 8 nitrogen and oxygen atoms in total. The Hall–Kier alpha value is -0.900. The first-order valence-corrected chi connectivity index (χ1v) is 7.21. The molecule has 0 heterocycles. The summed E-state index contributed by atoms with van der Waals surface area (Å²) in [6.45, 7) is 0.502. The van der Waals surface area contributed by atoms with Gasteiger partial charge in [0.05, 0.1) is 6.61 Å². The van der Waals surface area contributed by atoms with E-state index in [2.05, 4.69) is 14.6 Å². The second-order valence-corrected chi connectivity index (χ2v) is 5.71. The van der Waals surface area contributed by atoms with Crippen LogP contribution in [0, 0.1) is 5.92 Å². The van der Waals surface area contributed by atoms with Crippen molar-refractivity contribution in [2.45, 2.75) is 25.3 Å². The third-order valence-corrected chi connectivity index (χ3v) is 4.11. The minimum absolute atomic E-state index is 0.0668. The monoisotopic (exact) mass is 280 g/mol. The molecule has 0 aromatic carbocycles. The molecule has 0 aliphatic heterocycles. The van der Waals surface area contributed by atoms with Crippen molar-refractivity contribution in [2.75, 3.05) is 20.3 Å². The number of hydrogen-bond acceptors (Lipinski definition) is 5. The van der Waals surface area contributed by atoms with E-state index in [4.69, 9.17) is 15.7 Å². The van der Waals surface area contributed by atoms with Crippen LogP contribution in [0.25, 0.3) is 0 Å². The lowest BCUT2D eigenvalue weighted by molar-refractivity contribution is 0.204. The van der Waals surface area contributed by atoms with Gasteiger partial charge in [-0.2, -0.15) is 17.9 Å². The van der Waals surface area contributed by atoms with Crippen molar-refractivity contribution in [2.24, 2.45) is 16.8 Å². The highest BCUT2D eigenvalue weighted by atomic mass is 32.2. The van der Waals surface area contributed by atoms with Crippen LogP contribution in [0.2, 0.25) is 0 Å². The molecule has 0 spiro atoms. The zero-order valence-electron chi connectivity index (χ0n) is 10.3. The quantitative estimate of drug-likeness (QED) is 0.156. The van der Waals surface area contributed by atoms with Gasteiger partial charge in [0.25, 0.3) is 10.2 Å². The van der Waals surface area contributed by atoms with E-state index >= 15 is 0 Å². The van der Waals surface area contributed by atoms with Crippen LogP contribution in [0.5, 0.6) is 0 Å². The van der Waals surface area contributed by atoms with E-state index in [-0.39, 0.29) is 24.3 Å². The van der Waals surface area contributed by atoms with E-state index in [0.717, 1.165) is 6.42 Å². The first kappa shape index (κ1) is 15.2. The van der Waals surface area contributed by atoms with Crippen LogP contribution in [-0.4, -0.2) is 45.8 Å². The van der Waals surface area contributed by atoms with E-state index in [1.54, 1.807) is 0 Å². The van der Waals surface area contributed by atoms with Gasteiger partial charge in [-0.25, -0.2) is 0 Å². The van der Waals surface area contributed by atoms with Crippen LogP contribution in [0.1, 0.15) is 19.3 Å². The Morgan fingerprint density at radius 3 is 2.89 bits per heavy atom. The Bertz CT molecular complexity index is 384. The number of amidine groups is 1. The van der Waals surface area contributed by atoms with Gasteiger partial charge in [0.2, 0.25) is 0 Å². The van der Waals surface area contributed by atoms with Gasteiger partial charge in [-0.15, -0.1) is 0 Å². The molecule has 0 radical (unpaired) electrons. The standard InChI is InChI=1S/C9H20N4O4S/c1-17-6-5-11-18(15,16)13-8-4-2-3-7(8)9(10)12-14/h7-8,11,13-14H,2-6H2,1H3,(H2,10,12). The van der Waals surface area contributed by atoms with Crippen LogP contribution in [0.3, 0.4) is 0 Å². The van der Waals surface area contributed by atoms with Crippen molar-refractivity contribution < 1.29 is 18.4 Å². The van der Waals surface area contributed by atoms with Crippen LogP contribution in [0.15, 0.2) is 5.16 Å². The zero-order valence-corrected chi connectivity index (χ0v) is 11.1. The van der Waals surface area contributed by atoms with Crippen molar-refractivity contribution >= 4 is 16.0 Å². The van der Waals surface area contributed by atoms with Crippen molar-refractivity contribution in [3.8, 4) is 0 Å². The smallest absolute Gasteiger partial charge is 0.277 e. The molecular weight excluding hydrogens is 260 g/mol. The van der Waals surface area contributed by atoms with E-state index in [1.165, 1.54) is 7.11 Å². The summed E-state index contributed by atoms with van der Waals surface area (Å²) < 4.78 is 33.0. The molecule has 1 saturated carbocycles. The molecule has 9 heteroatoms. The second kappa shape index (κ2) is 6.88. The Morgan fingerprint density at radius 1 is 1.56 bits per heavy atom. The first-order chi connectivity index (χ1) is 8.50. The number of nitrogens with zero attached hydrogens (tertiary/aromatic N) is 1. The maximum atomic E-state index is 11.7. The predicted molar refractivity (Wildman–Crippen MR) is 66.5 cm³/mol. The number of nitrogens with one attached hydrogen (secondary N) is 2. The van der Waals surface area contributed by atoms with Crippen LogP contribution in [-0.2, 0) is 14.9 Å². The zero-order chi connectivity index (χ0) is 13.6. The minimum atomic E-state index is -3.58. The highest BCUT2D eigenvalue weighted by Gasteiger charge is 2.33. The van der Waals surface area contributed by atoms with Crippen LogP contribution in [0.4, 0.5) is 0 Å². The van der Waals surface area contributed by atoms with E-state index in [0.29, 0.717) is 19.4 Å². The molecule has 1 rings (SSSR count). The largest absolute Gasteiger partial charge is 0.409 e. The highest BCUT2D eigenvalue weighted by Crippen LogP contribution is 2.26. The topological polar surface area (TPSA) is 126 Å². The fourth-order valence-electron chi connectivity index (χ4n) is 2.05. The summed E-state index contributed by atoms with van der Waals surface area (Å²) in [6.07, 6.45) is 2.22. The molecule has 0 bridgehead atoms. The highest BCUT2D eigenvalue weighted by molar-refractivity contribution is 7.87. The van der Waals surface area contributed by atoms with Gasteiger partial charge in [0.1, 0.15) is 5.84 Å². The number of oxime groups is 1. The lowest BCUT2D eigenvalue weighted by atomic mass is 10.0. The maximum Gasteiger partial charge on any atom is 0.277 e. The van der Waals surface area contributed by atoms with Crippen molar-refractivity contribution in [1.29, 1.82) is 0 Å². The molecule has 0 amide bonds. The fraction of sp³-hybridized carbons (Fsp3) is 0.889. The molecule has 0 aromatic heterocycles. The molecule has 2 unspecified atom stereocenters. The number of rotatable bonds is 7. The Labute approximate surface area is 107 Å². The summed E-state index contributed by atoms with van der Waals surface area (Å²) in [6, 6.07) is -0.332. The molecule has 2 atom stereocenters. The Kier molecular flexibility index (Phi) is 5.79. The van der Waals surface area contributed by atoms with Gasteiger partial charge < -0.3 is 15.7 Å². The number of hydrogen-bond donors (Lipinski definition) is 4. The predicted octanol–water partition coefficient (Wildman–Crippen LogP) is -1.03. The third kappa shape index (κ3) is 4.41. The molecule has 5 N–H and O–H groups in total. The Balaban J connectivity index is 2.55. The lowest BCUT2D eigenvalue weighted by Gasteiger charge is -2.19. The normalized spacial score (nSPS) is 25.5. The van der Waals surface area contributed by atoms with E-state index < -0.39 is 10.2 Å². The SMILES string of the molecule is COCCNS(=O)(=O)NC1CCCC1C(N)=NO. The average molecular weight is 280 g/mol. The molecule has 0 aromatic rings. The van der Waals surface area contributed by atoms with Crippen molar-refractivity contribution in [3.05, 3.63) is 0 Å². The van der Waals surface area contributed by atoms with Gasteiger partial charge in [-0.1, -0.05) is 11.6 Å². The molecule has 0 saturated heterocycles. The Morgan fingerprint density at radius 2 is 2.28 bits per heavy atom. The van der Waals surface area contributed by atoms with Gasteiger partial charge in [0.15, 0.2) is 0 Å². The number of nitrogens with two attached hydrogens (primary N) is 1.